The minimum Gasteiger partial charge on any atom is -0.332 e. The zero-order chi connectivity index (χ0) is 14.7. The Morgan fingerprint density at radius 1 is 1.00 bits per heavy atom. The van der Waals surface area contributed by atoms with E-state index in [4.69, 9.17) is 35.4 Å². The average Bonchev–Trinajstić information content (AvgIpc) is 2.38. The van der Waals surface area contributed by atoms with Crippen LogP contribution in [0.1, 0.15) is 11.1 Å². The number of halogens is 2. The predicted octanol–water partition coefficient (Wildman–Crippen LogP) is 5.42. The number of hydrogen-bond donors (Lipinski definition) is 2. The number of hydrogen-bond acceptors (Lipinski definition) is 1. The van der Waals surface area contributed by atoms with Gasteiger partial charge in [0.15, 0.2) is 5.11 Å². The molecule has 0 amide bonds. The van der Waals surface area contributed by atoms with Crippen LogP contribution in [-0.4, -0.2) is 5.11 Å². The van der Waals surface area contributed by atoms with Gasteiger partial charge < -0.3 is 10.6 Å². The first-order valence-electron chi connectivity index (χ1n) is 6.06. The van der Waals surface area contributed by atoms with Crippen molar-refractivity contribution in [1.82, 2.24) is 0 Å². The smallest absolute Gasteiger partial charge is 0.175 e. The van der Waals surface area contributed by atoms with Gasteiger partial charge in [-0.2, -0.15) is 0 Å². The van der Waals surface area contributed by atoms with Gasteiger partial charge in [-0.25, -0.2) is 0 Å². The normalized spacial score (nSPS) is 10.2. The summed E-state index contributed by atoms with van der Waals surface area (Å²) in [7, 11) is 0. The van der Waals surface area contributed by atoms with Crippen molar-refractivity contribution in [2.24, 2.45) is 0 Å². The summed E-state index contributed by atoms with van der Waals surface area (Å²) in [4.78, 5) is 0. The van der Waals surface area contributed by atoms with Gasteiger partial charge in [0.25, 0.3) is 0 Å². The first kappa shape index (κ1) is 15.1. The van der Waals surface area contributed by atoms with E-state index in [-0.39, 0.29) is 0 Å². The lowest BCUT2D eigenvalue weighted by Gasteiger charge is -2.15. The maximum atomic E-state index is 6.10. The fraction of sp³-hybridized carbons (Fsp3) is 0.133. The van der Waals surface area contributed by atoms with Crippen molar-refractivity contribution >= 4 is 51.9 Å². The van der Waals surface area contributed by atoms with Gasteiger partial charge in [-0.1, -0.05) is 41.4 Å². The Labute approximate surface area is 134 Å². The van der Waals surface area contributed by atoms with E-state index in [0.29, 0.717) is 20.8 Å². The third-order valence-corrected chi connectivity index (χ3v) is 3.67. The van der Waals surface area contributed by atoms with Gasteiger partial charge in [0.1, 0.15) is 0 Å². The zero-order valence-electron chi connectivity index (χ0n) is 11.1. The first-order valence-corrected chi connectivity index (χ1v) is 7.23. The number of thiocarbonyl (C=S) groups is 1. The summed E-state index contributed by atoms with van der Waals surface area (Å²) in [5.74, 6) is 0. The summed E-state index contributed by atoms with van der Waals surface area (Å²) < 4.78 is 0. The van der Waals surface area contributed by atoms with E-state index in [2.05, 4.69) is 10.6 Å². The van der Waals surface area contributed by atoms with E-state index < -0.39 is 0 Å². The summed E-state index contributed by atoms with van der Waals surface area (Å²) >= 11 is 17.4. The second-order valence-corrected chi connectivity index (χ2v) is 5.72. The van der Waals surface area contributed by atoms with Gasteiger partial charge in [0.05, 0.1) is 10.7 Å². The van der Waals surface area contributed by atoms with Crippen LogP contribution in [-0.2, 0) is 0 Å². The molecule has 2 aromatic rings. The molecule has 0 fully saturated rings. The molecule has 0 aliphatic carbocycles. The highest BCUT2D eigenvalue weighted by Gasteiger charge is 2.07. The van der Waals surface area contributed by atoms with Crippen molar-refractivity contribution in [3.05, 3.63) is 57.6 Å². The number of nitrogens with one attached hydrogen (secondary N) is 2. The van der Waals surface area contributed by atoms with E-state index in [0.717, 1.165) is 16.8 Å². The van der Waals surface area contributed by atoms with Gasteiger partial charge >= 0.3 is 0 Å². The van der Waals surface area contributed by atoms with Crippen LogP contribution in [0.5, 0.6) is 0 Å². The molecule has 0 spiro atoms. The van der Waals surface area contributed by atoms with Crippen LogP contribution in [0.15, 0.2) is 36.4 Å². The zero-order valence-corrected chi connectivity index (χ0v) is 13.5. The molecule has 5 heteroatoms. The van der Waals surface area contributed by atoms with Crippen molar-refractivity contribution in [3.8, 4) is 0 Å². The highest BCUT2D eigenvalue weighted by molar-refractivity contribution is 7.80. The summed E-state index contributed by atoms with van der Waals surface area (Å²) in [5.41, 5.74) is 3.95. The topological polar surface area (TPSA) is 24.1 Å². The molecule has 0 aromatic heterocycles. The standard InChI is InChI=1S/C15H14Cl2N2S/c1-9-4-3-5-10(2)14(9)19-15(20)18-13-8-11(16)6-7-12(13)17/h3-8H,1-2H3,(H2,18,19,20). The second kappa shape index (κ2) is 6.44. The van der Waals surface area contributed by atoms with Crippen molar-refractivity contribution < 1.29 is 0 Å². The third kappa shape index (κ3) is 3.63. The van der Waals surface area contributed by atoms with Gasteiger partial charge in [0, 0.05) is 10.7 Å². The predicted molar refractivity (Wildman–Crippen MR) is 92.2 cm³/mol. The van der Waals surface area contributed by atoms with Gasteiger partial charge in [-0.3, -0.25) is 0 Å². The maximum absolute atomic E-state index is 6.10. The van der Waals surface area contributed by atoms with Gasteiger partial charge in [-0.05, 0) is 55.4 Å². The molecular formula is C15H14Cl2N2S. The average molecular weight is 325 g/mol. The lowest BCUT2D eigenvalue weighted by atomic mass is 10.1. The Morgan fingerprint density at radius 2 is 1.65 bits per heavy atom. The van der Waals surface area contributed by atoms with Crippen LogP contribution in [0.4, 0.5) is 11.4 Å². The van der Waals surface area contributed by atoms with Crippen molar-refractivity contribution in [2.45, 2.75) is 13.8 Å². The molecule has 0 bridgehead atoms. The Balaban J connectivity index is 2.15. The van der Waals surface area contributed by atoms with Crippen molar-refractivity contribution in [1.29, 1.82) is 0 Å². The summed E-state index contributed by atoms with van der Waals surface area (Å²) in [6.45, 7) is 4.06. The molecule has 2 rings (SSSR count). The molecule has 0 saturated heterocycles. The van der Waals surface area contributed by atoms with Crippen LogP contribution in [0.3, 0.4) is 0 Å². The van der Waals surface area contributed by atoms with E-state index in [1.54, 1.807) is 18.2 Å². The molecular weight excluding hydrogens is 311 g/mol. The number of para-hydroxylation sites is 1. The molecule has 0 atom stereocenters. The highest BCUT2D eigenvalue weighted by Crippen LogP contribution is 2.26. The van der Waals surface area contributed by atoms with Crippen molar-refractivity contribution in [3.63, 3.8) is 0 Å². The van der Waals surface area contributed by atoms with Crippen LogP contribution in [0.25, 0.3) is 0 Å². The number of rotatable bonds is 2. The molecule has 20 heavy (non-hydrogen) atoms. The summed E-state index contributed by atoms with van der Waals surface area (Å²) in [6, 6.07) is 11.3. The Hall–Kier alpha value is -1.29. The van der Waals surface area contributed by atoms with Gasteiger partial charge in [-0.15, -0.1) is 0 Å². The molecule has 0 unspecified atom stereocenters. The number of benzene rings is 2. The molecule has 2 aromatic carbocycles. The van der Waals surface area contributed by atoms with Crippen molar-refractivity contribution in [2.75, 3.05) is 10.6 Å². The SMILES string of the molecule is Cc1cccc(C)c1NC(=S)Nc1cc(Cl)ccc1Cl. The molecule has 104 valence electrons. The van der Waals surface area contributed by atoms with Crippen LogP contribution < -0.4 is 10.6 Å². The lowest BCUT2D eigenvalue weighted by molar-refractivity contribution is 1.37. The number of anilines is 2. The summed E-state index contributed by atoms with van der Waals surface area (Å²) in [5, 5.41) is 7.90. The Morgan fingerprint density at radius 3 is 2.30 bits per heavy atom. The summed E-state index contributed by atoms with van der Waals surface area (Å²) in [6.07, 6.45) is 0. The molecule has 0 radical (unpaired) electrons. The molecule has 2 N–H and O–H groups in total. The number of aryl methyl sites for hydroxylation is 2. The fourth-order valence-corrected chi connectivity index (χ4v) is 2.42. The Kier molecular flexibility index (Phi) is 4.86. The maximum Gasteiger partial charge on any atom is 0.175 e. The first-order chi connectivity index (χ1) is 9.47. The largest absolute Gasteiger partial charge is 0.332 e. The molecule has 0 aliphatic heterocycles. The third-order valence-electron chi connectivity index (χ3n) is 2.90. The molecule has 2 nitrogen and oxygen atoms in total. The fourth-order valence-electron chi connectivity index (χ4n) is 1.87. The van der Waals surface area contributed by atoms with E-state index in [1.807, 2.05) is 32.0 Å². The molecule has 0 aliphatic rings. The minimum atomic E-state index is 0.478. The van der Waals surface area contributed by atoms with Crippen LogP contribution >= 0.6 is 35.4 Å². The van der Waals surface area contributed by atoms with E-state index in [9.17, 15) is 0 Å². The molecule has 0 heterocycles. The van der Waals surface area contributed by atoms with Crippen LogP contribution in [0.2, 0.25) is 10.0 Å². The lowest BCUT2D eigenvalue weighted by Crippen LogP contribution is -2.20. The highest BCUT2D eigenvalue weighted by atomic mass is 35.5. The monoisotopic (exact) mass is 324 g/mol. The Bertz CT molecular complexity index is 636. The van der Waals surface area contributed by atoms with E-state index in [1.165, 1.54) is 0 Å². The van der Waals surface area contributed by atoms with Crippen LogP contribution in [0, 0.1) is 13.8 Å². The van der Waals surface area contributed by atoms with E-state index >= 15 is 0 Å². The molecule has 0 saturated carbocycles. The quantitative estimate of drug-likeness (QED) is 0.721. The van der Waals surface area contributed by atoms with Gasteiger partial charge in [0.2, 0.25) is 0 Å². The second-order valence-electron chi connectivity index (χ2n) is 4.47. The minimum absolute atomic E-state index is 0.478.